The number of H-pyrrole nitrogens is 1. The highest BCUT2D eigenvalue weighted by atomic mass is 16.5. The number of imidazole rings is 1. The first-order valence-corrected chi connectivity index (χ1v) is 11.3. The molecule has 1 fully saturated rings. The van der Waals surface area contributed by atoms with Crippen molar-refractivity contribution in [3.63, 3.8) is 0 Å². The van der Waals surface area contributed by atoms with Crippen LogP contribution < -0.4 is 4.74 Å². The maximum Gasteiger partial charge on any atom is 0.223 e. The third kappa shape index (κ3) is 4.21. The minimum Gasteiger partial charge on any atom is -0.439 e. The normalized spacial score (nSPS) is 13.6. The lowest BCUT2D eigenvalue weighted by atomic mass is 10.1. The molecule has 5 heterocycles. The molecule has 10 nitrogen and oxygen atoms in total. The minimum atomic E-state index is 0.141. The van der Waals surface area contributed by atoms with Crippen molar-refractivity contribution < 1.29 is 14.1 Å². The second-order valence-corrected chi connectivity index (χ2v) is 8.30. The van der Waals surface area contributed by atoms with Gasteiger partial charge in [-0.15, -0.1) is 0 Å². The highest BCUT2D eigenvalue weighted by Gasteiger charge is 2.23. The lowest BCUT2D eigenvalue weighted by molar-refractivity contribution is -0.128. The van der Waals surface area contributed by atoms with Crippen molar-refractivity contribution in [1.82, 2.24) is 35.0 Å². The lowest BCUT2D eigenvalue weighted by Crippen LogP contribution is -2.24. The third-order valence-electron chi connectivity index (χ3n) is 5.80. The summed E-state index contributed by atoms with van der Waals surface area (Å²) in [5.41, 5.74) is 3.69. The Morgan fingerprint density at radius 1 is 1.09 bits per heavy atom. The van der Waals surface area contributed by atoms with E-state index >= 15 is 0 Å². The topological polar surface area (TPSA) is 123 Å². The second kappa shape index (κ2) is 8.64. The number of hydrogen-bond acceptors (Lipinski definition) is 8. The van der Waals surface area contributed by atoms with E-state index < -0.39 is 0 Å². The van der Waals surface area contributed by atoms with Gasteiger partial charge in [0.25, 0.3) is 0 Å². The zero-order valence-corrected chi connectivity index (χ0v) is 18.9. The van der Waals surface area contributed by atoms with E-state index in [1.807, 2.05) is 41.3 Å². The van der Waals surface area contributed by atoms with Crippen molar-refractivity contribution >= 4 is 16.9 Å². The van der Waals surface area contributed by atoms with Crippen LogP contribution in [0, 0.1) is 6.92 Å². The first-order chi connectivity index (χ1) is 17.1. The molecule has 1 N–H and O–H groups in total. The maximum absolute atomic E-state index is 12.3. The van der Waals surface area contributed by atoms with Crippen molar-refractivity contribution in [2.75, 3.05) is 6.54 Å². The van der Waals surface area contributed by atoms with Gasteiger partial charge in [-0.2, -0.15) is 4.98 Å². The molecule has 35 heavy (non-hydrogen) atoms. The van der Waals surface area contributed by atoms with Crippen LogP contribution in [0.4, 0.5) is 0 Å². The number of amides is 1. The van der Waals surface area contributed by atoms with Crippen LogP contribution in [0.15, 0.2) is 59.3 Å². The molecule has 0 atom stereocenters. The summed E-state index contributed by atoms with van der Waals surface area (Å²) in [6.07, 6.45) is 3.16. The highest BCUT2D eigenvalue weighted by molar-refractivity contribution is 5.82. The standard InChI is InChI=1S/C25H21N7O3/c1-15-27-25(31-35-15)18-7-4-8-22(28-18)34-21-13-20-19(12-16(21)14-32-11-5-9-23(32)33)29-24(30-20)17-6-2-3-10-26-17/h2-4,6-8,10,12-13H,5,9,11,14H2,1H3,(H,29,30). The minimum absolute atomic E-state index is 0.141. The van der Waals surface area contributed by atoms with Crippen molar-refractivity contribution in [2.45, 2.75) is 26.3 Å². The predicted molar refractivity (Wildman–Crippen MR) is 126 cm³/mol. The predicted octanol–water partition coefficient (Wildman–Crippen LogP) is 4.29. The molecule has 0 aliphatic carbocycles. The Labute approximate surface area is 200 Å². The van der Waals surface area contributed by atoms with Crippen LogP contribution >= 0.6 is 0 Å². The second-order valence-electron chi connectivity index (χ2n) is 8.30. The van der Waals surface area contributed by atoms with Gasteiger partial charge >= 0.3 is 0 Å². The van der Waals surface area contributed by atoms with Crippen LogP contribution in [0.1, 0.15) is 24.3 Å². The number of nitrogens with zero attached hydrogens (tertiary/aromatic N) is 6. The summed E-state index contributed by atoms with van der Waals surface area (Å²) in [5, 5.41) is 3.93. The molecule has 1 aliphatic rings. The summed E-state index contributed by atoms with van der Waals surface area (Å²) in [6.45, 7) is 2.89. The molecule has 6 rings (SSSR count). The average Bonchev–Trinajstić information content (AvgIpc) is 3.60. The molecule has 1 aliphatic heterocycles. The van der Waals surface area contributed by atoms with Crippen molar-refractivity contribution in [3.8, 4) is 34.7 Å². The van der Waals surface area contributed by atoms with E-state index in [0.29, 0.717) is 47.8 Å². The molecule has 0 bridgehead atoms. The van der Waals surface area contributed by atoms with E-state index in [1.54, 1.807) is 25.3 Å². The molecule has 1 aromatic carbocycles. The molecule has 1 saturated heterocycles. The van der Waals surface area contributed by atoms with Gasteiger partial charge in [0.1, 0.15) is 17.1 Å². The van der Waals surface area contributed by atoms with Gasteiger partial charge in [0.15, 0.2) is 5.82 Å². The Balaban J connectivity index is 1.39. The SMILES string of the molecule is Cc1nc(-c2cccc(Oc3cc4nc(-c5ccccn5)[nH]c4cc3CN3CCCC3=O)n2)no1. The monoisotopic (exact) mass is 467 g/mol. The zero-order chi connectivity index (χ0) is 23.8. The first-order valence-electron chi connectivity index (χ1n) is 11.3. The molecule has 0 radical (unpaired) electrons. The number of carbonyl (C=O) groups is 1. The number of ether oxygens (including phenoxy) is 1. The number of hydrogen-bond donors (Lipinski definition) is 1. The van der Waals surface area contributed by atoms with E-state index in [0.717, 1.165) is 35.3 Å². The Kier molecular flexibility index (Phi) is 5.17. The number of pyridine rings is 2. The van der Waals surface area contributed by atoms with Crippen molar-refractivity contribution in [3.05, 3.63) is 66.2 Å². The number of carbonyl (C=O) groups excluding carboxylic acids is 1. The number of rotatable bonds is 6. The molecule has 4 aromatic heterocycles. The van der Waals surface area contributed by atoms with E-state index in [4.69, 9.17) is 14.2 Å². The fourth-order valence-electron chi connectivity index (χ4n) is 4.11. The average molecular weight is 467 g/mol. The molecular formula is C25H21N7O3. The van der Waals surface area contributed by atoms with Gasteiger partial charge in [0, 0.05) is 50.3 Å². The summed E-state index contributed by atoms with van der Waals surface area (Å²) in [4.78, 5) is 35.4. The summed E-state index contributed by atoms with van der Waals surface area (Å²) >= 11 is 0. The molecule has 0 unspecified atom stereocenters. The molecule has 174 valence electrons. The molecule has 10 heteroatoms. The molecule has 0 saturated carbocycles. The van der Waals surface area contributed by atoms with E-state index in [9.17, 15) is 4.79 Å². The van der Waals surface area contributed by atoms with Gasteiger partial charge in [-0.05, 0) is 30.7 Å². The maximum atomic E-state index is 12.3. The number of aryl methyl sites for hydroxylation is 1. The largest absolute Gasteiger partial charge is 0.439 e. The smallest absolute Gasteiger partial charge is 0.223 e. The van der Waals surface area contributed by atoms with E-state index in [2.05, 4.69) is 25.1 Å². The number of aromatic nitrogens is 6. The fourth-order valence-corrected chi connectivity index (χ4v) is 4.11. The van der Waals surface area contributed by atoms with Crippen LogP contribution in [0.2, 0.25) is 0 Å². The van der Waals surface area contributed by atoms with Gasteiger partial charge in [0.05, 0.1) is 11.0 Å². The van der Waals surface area contributed by atoms with Crippen LogP contribution in [0.3, 0.4) is 0 Å². The molecule has 1 amide bonds. The fraction of sp³-hybridized carbons (Fsp3) is 0.200. The van der Waals surface area contributed by atoms with Crippen molar-refractivity contribution in [2.24, 2.45) is 0 Å². The Morgan fingerprint density at radius 3 is 2.77 bits per heavy atom. The quantitative estimate of drug-likeness (QED) is 0.392. The van der Waals surface area contributed by atoms with Crippen LogP contribution in [0.5, 0.6) is 11.6 Å². The van der Waals surface area contributed by atoms with E-state index in [1.165, 1.54) is 0 Å². The van der Waals surface area contributed by atoms with Gasteiger partial charge in [-0.3, -0.25) is 9.78 Å². The molecule has 5 aromatic rings. The number of fused-ring (bicyclic) bond motifs is 1. The van der Waals surface area contributed by atoms with Crippen LogP contribution in [0.25, 0.3) is 34.1 Å². The number of aromatic amines is 1. The zero-order valence-electron chi connectivity index (χ0n) is 18.9. The summed E-state index contributed by atoms with van der Waals surface area (Å²) in [6, 6.07) is 14.9. The first kappa shape index (κ1) is 21.0. The van der Waals surface area contributed by atoms with Gasteiger partial charge in [0.2, 0.25) is 23.5 Å². The Morgan fingerprint density at radius 2 is 2.00 bits per heavy atom. The van der Waals surface area contributed by atoms with Gasteiger partial charge in [-0.1, -0.05) is 17.3 Å². The highest BCUT2D eigenvalue weighted by Crippen LogP contribution is 2.32. The number of benzene rings is 1. The van der Waals surface area contributed by atoms with Gasteiger partial charge in [-0.25, -0.2) is 9.97 Å². The van der Waals surface area contributed by atoms with E-state index in [-0.39, 0.29) is 5.91 Å². The summed E-state index contributed by atoms with van der Waals surface area (Å²) < 4.78 is 11.3. The van der Waals surface area contributed by atoms with Crippen LogP contribution in [-0.2, 0) is 11.3 Å². The van der Waals surface area contributed by atoms with Gasteiger partial charge < -0.3 is 19.1 Å². The lowest BCUT2D eigenvalue weighted by Gasteiger charge is -2.18. The Bertz CT molecular complexity index is 1530. The van der Waals surface area contributed by atoms with Crippen LogP contribution in [-0.4, -0.2) is 47.4 Å². The molecule has 0 spiro atoms. The Hall–Kier alpha value is -4.60. The molecular weight excluding hydrogens is 446 g/mol. The van der Waals surface area contributed by atoms with Crippen molar-refractivity contribution in [1.29, 1.82) is 0 Å². The summed E-state index contributed by atoms with van der Waals surface area (Å²) in [7, 11) is 0. The summed E-state index contributed by atoms with van der Waals surface area (Å²) in [5.74, 6) is 2.59. The third-order valence-corrected chi connectivity index (χ3v) is 5.80. The number of likely N-dealkylation sites (tertiary alicyclic amines) is 1. The number of nitrogens with one attached hydrogen (secondary N) is 1.